The van der Waals surface area contributed by atoms with Crippen molar-refractivity contribution < 1.29 is 4.74 Å². The summed E-state index contributed by atoms with van der Waals surface area (Å²) in [5, 5.41) is 6.72. The summed E-state index contributed by atoms with van der Waals surface area (Å²) in [4.78, 5) is 0. The Morgan fingerprint density at radius 1 is 0.840 bits per heavy atom. The molecular formula is C22H52N2O. The summed E-state index contributed by atoms with van der Waals surface area (Å²) < 4.78 is 5.75. The Bertz CT molecular complexity index is 232. The molecule has 3 aliphatic rings. The van der Waals surface area contributed by atoms with Gasteiger partial charge in [-0.25, -0.2) is 0 Å². The minimum Gasteiger partial charge on any atom is -0.373 e. The van der Waals surface area contributed by atoms with Crippen molar-refractivity contribution in [1.82, 2.24) is 10.6 Å². The molecule has 0 aromatic rings. The van der Waals surface area contributed by atoms with Gasteiger partial charge >= 0.3 is 0 Å². The minimum atomic E-state index is 0.249. The van der Waals surface area contributed by atoms with Crippen LogP contribution in [0.3, 0.4) is 0 Å². The second kappa shape index (κ2) is 20.2. The van der Waals surface area contributed by atoms with Gasteiger partial charge in [0.15, 0.2) is 0 Å². The molecule has 3 nitrogen and oxygen atoms in total. The van der Waals surface area contributed by atoms with E-state index in [9.17, 15) is 0 Å². The largest absolute Gasteiger partial charge is 0.373 e. The molecule has 3 heteroatoms. The summed E-state index contributed by atoms with van der Waals surface area (Å²) in [6.07, 6.45) is 3.85. The normalized spacial score (nSPS) is 31.6. The SMILES string of the molecule is CC.CC.CC.CC.CC1CCNC1C.CC1COC2(CCNC2)C1. The first kappa shape index (κ1) is 29.6. The predicted molar refractivity (Wildman–Crippen MR) is 117 cm³/mol. The molecule has 2 N–H and O–H groups in total. The van der Waals surface area contributed by atoms with Gasteiger partial charge in [-0.2, -0.15) is 0 Å². The zero-order chi connectivity index (χ0) is 20.3. The lowest BCUT2D eigenvalue weighted by Crippen LogP contribution is -2.30. The first-order chi connectivity index (χ1) is 12.1. The van der Waals surface area contributed by atoms with Gasteiger partial charge in [-0.1, -0.05) is 69.2 Å². The van der Waals surface area contributed by atoms with E-state index in [0.29, 0.717) is 0 Å². The fraction of sp³-hybridized carbons (Fsp3) is 1.00. The van der Waals surface area contributed by atoms with Crippen molar-refractivity contribution in [2.24, 2.45) is 11.8 Å². The van der Waals surface area contributed by atoms with Crippen molar-refractivity contribution in [2.45, 2.75) is 107 Å². The van der Waals surface area contributed by atoms with Crippen LogP contribution in [0.4, 0.5) is 0 Å². The molecule has 0 bridgehead atoms. The van der Waals surface area contributed by atoms with Crippen molar-refractivity contribution in [3.63, 3.8) is 0 Å². The van der Waals surface area contributed by atoms with E-state index in [4.69, 9.17) is 4.74 Å². The summed E-state index contributed by atoms with van der Waals surface area (Å²) in [5.41, 5.74) is 0.249. The molecule has 3 fully saturated rings. The number of rotatable bonds is 0. The van der Waals surface area contributed by atoms with Gasteiger partial charge in [0.05, 0.1) is 12.2 Å². The third-order valence-corrected chi connectivity index (χ3v) is 4.52. The van der Waals surface area contributed by atoms with E-state index in [-0.39, 0.29) is 5.60 Å². The molecule has 3 saturated heterocycles. The molecule has 4 atom stereocenters. The molecule has 1 spiro atoms. The molecule has 25 heavy (non-hydrogen) atoms. The fourth-order valence-corrected chi connectivity index (χ4v) is 3.08. The molecule has 3 aliphatic heterocycles. The molecule has 0 saturated carbocycles. The Labute approximate surface area is 161 Å². The smallest absolute Gasteiger partial charge is 0.0821 e. The predicted octanol–water partition coefficient (Wildman–Crippen LogP) is 5.88. The number of hydrogen-bond acceptors (Lipinski definition) is 3. The minimum absolute atomic E-state index is 0.249. The Kier molecular flexibility index (Phi) is 23.9. The molecule has 3 rings (SSSR count). The fourth-order valence-electron chi connectivity index (χ4n) is 3.08. The lowest BCUT2D eigenvalue weighted by Gasteiger charge is -2.20. The first-order valence-corrected chi connectivity index (χ1v) is 11.2. The Balaban J connectivity index is -0.000000285. The summed E-state index contributed by atoms with van der Waals surface area (Å²) in [7, 11) is 0. The zero-order valence-corrected chi connectivity index (χ0v) is 19.6. The Morgan fingerprint density at radius 2 is 1.40 bits per heavy atom. The van der Waals surface area contributed by atoms with Crippen LogP contribution in [0.5, 0.6) is 0 Å². The molecule has 0 aliphatic carbocycles. The van der Waals surface area contributed by atoms with Crippen molar-refractivity contribution >= 4 is 0 Å². The van der Waals surface area contributed by atoms with Crippen LogP contribution < -0.4 is 10.6 Å². The van der Waals surface area contributed by atoms with E-state index in [2.05, 4.69) is 31.4 Å². The average molecular weight is 361 g/mol. The van der Waals surface area contributed by atoms with Gasteiger partial charge in [0, 0.05) is 12.6 Å². The van der Waals surface area contributed by atoms with Crippen LogP contribution in [-0.4, -0.2) is 37.9 Å². The van der Waals surface area contributed by atoms with Crippen molar-refractivity contribution in [3.8, 4) is 0 Å². The maximum Gasteiger partial charge on any atom is 0.0821 e. The van der Waals surface area contributed by atoms with Crippen LogP contribution >= 0.6 is 0 Å². The molecule has 156 valence electrons. The highest BCUT2D eigenvalue weighted by Gasteiger charge is 2.40. The quantitative estimate of drug-likeness (QED) is 0.565. The number of ether oxygens (including phenoxy) is 1. The summed E-state index contributed by atoms with van der Waals surface area (Å²) in [6.45, 7) is 27.2. The molecule has 0 aromatic carbocycles. The van der Waals surface area contributed by atoms with Gasteiger partial charge in [-0.3, -0.25) is 0 Å². The van der Waals surface area contributed by atoms with Gasteiger partial charge in [0.1, 0.15) is 0 Å². The van der Waals surface area contributed by atoms with Crippen LogP contribution in [0, 0.1) is 11.8 Å². The van der Waals surface area contributed by atoms with Crippen molar-refractivity contribution in [1.29, 1.82) is 0 Å². The Hall–Kier alpha value is -0.120. The van der Waals surface area contributed by atoms with E-state index in [0.717, 1.165) is 37.6 Å². The highest BCUT2D eigenvalue weighted by atomic mass is 16.5. The third-order valence-electron chi connectivity index (χ3n) is 4.52. The Morgan fingerprint density at radius 3 is 1.64 bits per heavy atom. The second-order valence-corrected chi connectivity index (χ2v) is 6.24. The third kappa shape index (κ3) is 12.8. The van der Waals surface area contributed by atoms with E-state index in [1.165, 1.54) is 25.8 Å². The molecular weight excluding hydrogens is 308 g/mol. The van der Waals surface area contributed by atoms with Gasteiger partial charge in [0.25, 0.3) is 0 Å². The molecule has 0 amide bonds. The van der Waals surface area contributed by atoms with E-state index < -0.39 is 0 Å². The zero-order valence-electron chi connectivity index (χ0n) is 19.6. The van der Waals surface area contributed by atoms with Gasteiger partial charge < -0.3 is 15.4 Å². The van der Waals surface area contributed by atoms with Gasteiger partial charge in [-0.15, -0.1) is 0 Å². The van der Waals surface area contributed by atoms with Crippen LogP contribution in [0.25, 0.3) is 0 Å². The summed E-state index contributed by atoms with van der Waals surface area (Å²) >= 11 is 0. The number of nitrogens with one attached hydrogen (secondary N) is 2. The summed E-state index contributed by atoms with van der Waals surface area (Å²) in [5.74, 6) is 1.68. The molecule has 0 aromatic heterocycles. The van der Waals surface area contributed by atoms with E-state index >= 15 is 0 Å². The summed E-state index contributed by atoms with van der Waals surface area (Å²) in [6, 6.07) is 0.764. The second-order valence-electron chi connectivity index (χ2n) is 6.24. The topological polar surface area (TPSA) is 33.3 Å². The lowest BCUT2D eigenvalue weighted by atomic mass is 9.95. The highest BCUT2D eigenvalue weighted by Crippen LogP contribution is 2.34. The average Bonchev–Trinajstić information content (AvgIpc) is 3.40. The van der Waals surface area contributed by atoms with Gasteiger partial charge in [0.2, 0.25) is 0 Å². The molecule has 4 unspecified atom stereocenters. The van der Waals surface area contributed by atoms with E-state index in [1.807, 2.05) is 55.4 Å². The van der Waals surface area contributed by atoms with Gasteiger partial charge in [-0.05, 0) is 51.1 Å². The maximum atomic E-state index is 5.75. The molecule has 3 heterocycles. The van der Waals surface area contributed by atoms with E-state index in [1.54, 1.807) is 0 Å². The molecule has 0 radical (unpaired) electrons. The van der Waals surface area contributed by atoms with Crippen molar-refractivity contribution in [2.75, 3.05) is 26.2 Å². The highest BCUT2D eigenvalue weighted by molar-refractivity contribution is 4.94. The van der Waals surface area contributed by atoms with Crippen LogP contribution in [0.2, 0.25) is 0 Å². The van der Waals surface area contributed by atoms with Crippen molar-refractivity contribution in [3.05, 3.63) is 0 Å². The lowest BCUT2D eigenvalue weighted by molar-refractivity contribution is 0.0206. The standard InChI is InChI=1S/C8H15NO.C6H13N.4C2H6/c1-7-4-8(10-5-7)2-3-9-6-8;1-5-3-4-7-6(5)2;4*1-2/h7,9H,2-6H2,1H3;5-7H,3-4H2,1-2H3;4*1-2H3. The van der Waals surface area contributed by atoms with Crippen LogP contribution in [-0.2, 0) is 4.74 Å². The number of hydrogen-bond donors (Lipinski definition) is 2. The van der Waals surface area contributed by atoms with Crippen LogP contribution in [0.15, 0.2) is 0 Å². The van der Waals surface area contributed by atoms with Crippen LogP contribution in [0.1, 0.15) is 95.4 Å². The monoisotopic (exact) mass is 360 g/mol. The first-order valence-electron chi connectivity index (χ1n) is 11.2. The maximum absolute atomic E-state index is 5.75.